The van der Waals surface area contributed by atoms with Crippen molar-refractivity contribution in [1.82, 2.24) is 15.0 Å². The average Bonchev–Trinajstić information content (AvgIpc) is 2.99. The highest BCUT2D eigenvalue weighted by molar-refractivity contribution is 7.22. The molecule has 2 aromatic heterocycles. The second-order valence-corrected chi connectivity index (χ2v) is 7.63. The Morgan fingerprint density at radius 2 is 1.56 bits per heavy atom. The van der Waals surface area contributed by atoms with Crippen LogP contribution in [0.2, 0.25) is 0 Å². The first-order valence-corrected chi connectivity index (χ1v) is 9.39. The first-order valence-electron chi connectivity index (χ1n) is 8.58. The van der Waals surface area contributed by atoms with Gasteiger partial charge in [-0.3, -0.25) is 0 Å². The van der Waals surface area contributed by atoms with Crippen molar-refractivity contribution in [3.05, 3.63) is 59.4 Å². The SMILES string of the molecule is Cc1cc(C)cc(Nc2ncnc(Nc3nc4ccc(C)cc4s3)c2N)c1. The van der Waals surface area contributed by atoms with Gasteiger partial charge in [0.15, 0.2) is 16.8 Å². The smallest absolute Gasteiger partial charge is 0.189 e. The van der Waals surface area contributed by atoms with E-state index in [-0.39, 0.29) is 0 Å². The van der Waals surface area contributed by atoms with E-state index in [0.717, 1.165) is 21.0 Å². The summed E-state index contributed by atoms with van der Waals surface area (Å²) in [5.74, 6) is 1.10. The van der Waals surface area contributed by atoms with Crippen LogP contribution in [0.15, 0.2) is 42.7 Å². The van der Waals surface area contributed by atoms with Gasteiger partial charge in [-0.1, -0.05) is 23.5 Å². The fourth-order valence-corrected chi connectivity index (χ4v) is 3.93. The Labute approximate surface area is 161 Å². The third-order valence-corrected chi connectivity index (χ3v) is 5.07. The molecular formula is C20H20N6S. The lowest BCUT2D eigenvalue weighted by Crippen LogP contribution is -2.05. The summed E-state index contributed by atoms with van der Waals surface area (Å²) >= 11 is 1.57. The van der Waals surface area contributed by atoms with Gasteiger partial charge < -0.3 is 16.4 Å². The molecule has 0 atom stereocenters. The molecule has 4 rings (SSSR count). The number of nitrogens with one attached hydrogen (secondary N) is 2. The van der Waals surface area contributed by atoms with E-state index in [9.17, 15) is 0 Å². The van der Waals surface area contributed by atoms with Crippen LogP contribution in [-0.2, 0) is 0 Å². The second-order valence-electron chi connectivity index (χ2n) is 6.60. The number of hydrogen-bond donors (Lipinski definition) is 3. The molecule has 0 saturated carbocycles. The lowest BCUT2D eigenvalue weighted by molar-refractivity contribution is 1.17. The quantitative estimate of drug-likeness (QED) is 0.460. The minimum Gasteiger partial charge on any atom is -0.393 e. The number of fused-ring (bicyclic) bond motifs is 1. The lowest BCUT2D eigenvalue weighted by Gasteiger charge is -2.12. The van der Waals surface area contributed by atoms with E-state index in [1.165, 1.54) is 23.0 Å². The molecule has 0 unspecified atom stereocenters. The largest absolute Gasteiger partial charge is 0.393 e. The zero-order valence-electron chi connectivity index (χ0n) is 15.4. The predicted molar refractivity (Wildman–Crippen MR) is 113 cm³/mol. The van der Waals surface area contributed by atoms with Gasteiger partial charge in [0.25, 0.3) is 0 Å². The Bertz CT molecular complexity index is 1110. The molecule has 0 radical (unpaired) electrons. The summed E-state index contributed by atoms with van der Waals surface area (Å²) in [4.78, 5) is 13.2. The topological polar surface area (TPSA) is 88.8 Å². The molecular weight excluding hydrogens is 356 g/mol. The van der Waals surface area contributed by atoms with E-state index < -0.39 is 0 Å². The van der Waals surface area contributed by atoms with Gasteiger partial charge in [0.2, 0.25) is 0 Å². The maximum Gasteiger partial charge on any atom is 0.189 e. The van der Waals surface area contributed by atoms with Crippen molar-refractivity contribution < 1.29 is 0 Å². The summed E-state index contributed by atoms with van der Waals surface area (Å²) in [5, 5.41) is 7.25. The molecule has 0 aliphatic rings. The highest BCUT2D eigenvalue weighted by atomic mass is 32.1. The second kappa shape index (κ2) is 6.85. The van der Waals surface area contributed by atoms with Gasteiger partial charge in [0, 0.05) is 5.69 Å². The predicted octanol–water partition coefficient (Wildman–Crippen LogP) is 5.08. The molecule has 2 heterocycles. The molecule has 4 N–H and O–H groups in total. The van der Waals surface area contributed by atoms with Crippen LogP contribution in [0.25, 0.3) is 10.2 Å². The Kier molecular flexibility index (Phi) is 4.37. The molecule has 27 heavy (non-hydrogen) atoms. The molecule has 0 spiro atoms. The van der Waals surface area contributed by atoms with Crippen LogP contribution in [0.5, 0.6) is 0 Å². The van der Waals surface area contributed by atoms with Gasteiger partial charge in [-0.2, -0.15) is 0 Å². The van der Waals surface area contributed by atoms with Gasteiger partial charge in [-0.15, -0.1) is 0 Å². The van der Waals surface area contributed by atoms with Crippen LogP contribution in [0.3, 0.4) is 0 Å². The molecule has 0 bridgehead atoms. The summed E-state index contributed by atoms with van der Waals surface area (Å²) in [5.41, 5.74) is 12.2. The van der Waals surface area contributed by atoms with Crippen LogP contribution in [-0.4, -0.2) is 15.0 Å². The number of aryl methyl sites for hydroxylation is 3. The van der Waals surface area contributed by atoms with Crippen molar-refractivity contribution in [1.29, 1.82) is 0 Å². The summed E-state index contributed by atoms with van der Waals surface area (Å²) in [7, 11) is 0. The number of nitrogen functional groups attached to an aromatic ring is 1. The number of hydrogen-bond acceptors (Lipinski definition) is 7. The number of benzene rings is 2. The van der Waals surface area contributed by atoms with Crippen molar-refractivity contribution in [3.63, 3.8) is 0 Å². The highest BCUT2D eigenvalue weighted by Gasteiger charge is 2.11. The summed E-state index contributed by atoms with van der Waals surface area (Å²) < 4.78 is 1.12. The van der Waals surface area contributed by atoms with Crippen LogP contribution in [0, 0.1) is 20.8 Å². The Morgan fingerprint density at radius 3 is 2.30 bits per heavy atom. The fourth-order valence-electron chi connectivity index (χ4n) is 2.96. The van der Waals surface area contributed by atoms with Gasteiger partial charge >= 0.3 is 0 Å². The van der Waals surface area contributed by atoms with Crippen molar-refractivity contribution in [2.45, 2.75) is 20.8 Å². The zero-order valence-corrected chi connectivity index (χ0v) is 16.2. The molecule has 4 aromatic rings. The van der Waals surface area contributed by atoms with E-state index in [2.05, 4.69) is 76.7 Å². The van der Waals surface area contributed by atoms with Crippen molar-refractivity contribution in [2.75, 3.05) is 16.4 Å². The van der Waals surface area contributed by atoms with E-state index in [0.29, 0.717) is 17.3 Å². The average molecular weight is 376 g/mol. The molecule has 0 aliphatic heterocycles. The third kappa shape index (κ3) is 3.68. The first-order chi connectivity index (χ1) is 13.0. The summed E-state index contributed by atoms with van der Waals surface area (Å²) in [6.07, 6.45) is 1.49. The Morgan fingerprint density at radius 1 is 0.852 bits per heavy atom. The zero-order chi connectivity index (χ0) is 19.0. The van der Waals surface area contributed by atoms with Gasteiger partial charge in [0.05, 0.1) is 10.2 Å². The number of nitrogens with zero attached hydrogens (tertiary/aromatic N) is 3. The van der Waals surface area contributed by atoms with Gasteiger partial charge in [-0.05, 0) is 61.7 Å². The number of thiazole rings is 1. The van der Waals surface area contributed by atoms with E-state index in [1.807, 2.05) is 6.07 Å². The van der Waals surface area contributed by atoms with E-state index >= 15 is 0 Å². The number of rotatable bonds is 4. The molecule has 0 amide bonds. The van der Waals surface area contributed by atoms with E-state index in [1.54, 1.807) is 11.3 Å². The van der Waals surface area contributed by atoms with Gasteiger partial charge in [0.1, 0.15) is 12.0 Å². The fraction of sp³-hybridized carbons (Fsp3) is 0.150. The normalized spacial score (nSPS) is 10.9. The van der Waals surface area contributed by atoms with Crippen molar-refractivity contribution >= 4 is 49.7 Å². The van der Waals surface area contributed by atoms with Crippen LogP contribution < -0.4 is 16.4 Å². The number of nitrogens with two attached hydrogens (primary N) is 1. The minimum atomic E-state index is 0.451. The molecule has 6 nitrogen and oxygen atoms in total. The summed E-state index contributed by atoms with van der Waals surface area (Å²) in [6, 6.07) is 12.4. The molecule has 0 fully saturated rings. The van der Waals surface area contributed by atoms with E-state index in [4.69, 9.17) is 5.73 Å². The van der Waals surface area contributed by atoms with Gasteiger partial charge in [-0.25, -0.2) is 15.0 Å². The summed E-state index contributed by atoms with van der Waals surface area (Å²) in [6.45, 7) is 6.19. The molecule has 136 valence electrons. The van der Waals surface area contributed by atoms with Crippen molar-refractivity contribution in [2.24, 2.45) is 0 Å². The molecule has 0 aliphatic carbocycles. The standard InChI is InChI=1S/C20H20N6S/c1-11-4-5-15-16(9-11)27-20(25-15)26-19-17(21)18(22-10-23-19)24-14-7-12(2)6-13(3)8-14/h4-10H,21H2,1-3H3,(H2,22,23,24,25,26). The third-order valence-electron chi connectivity index (χ3n) is 4.14. The first kappa shape index (κ1) is 17.2. The molecule has 2 aromatic carbocycles. The minimum absolute atomic E-state index is 0.451. The monoisotopic (exact) mass is 376 g/mol. The van der Waals surface area contributed by atoms with Crippen molar-refractivity contribution in [3.8, 4) is 0 Å². The van der Waals surface area contributed by atoms with Crippen LogP contribution in [0.4, 0.5) is 28.1 Å². The number of anilines is 5. The maximum absolute atomic E-state index is 6.30. The molecule has 0 saturated heterocycles. The lowest BCUT2D eigenvalue weighted by atomic mass is 10.1. The number of aromatic nitrogens is 3. The van der Waals surface area contributed by atoms with Crippen LogP contribution in [0.1, 0.15) is 16.7 Å². The Balaban J connectivity index is 1.62. The molecule has 7 heteroatoms. The highest BCUT2D eigenvalue weighted by Crippen LogP contribution is 2.32. The Hall–Kier alpha value is -3.19. The van der Waals surface area contributed by atoms with Crippen LogP contribution >= 0.6 is 11.3 Å². The maximum atomic E-state index is 6.30.